The minimum absolute atomic E-state index is 0.0280. The average molecular weight is 500 g/mol. The van der Waals surface area contributed by atoms with Gasteiger partial charge in [-0.25, -0.2) is 6.57 Å². The van der Waals surface area contributed by atoms with Crippen LogP contribution in [0.2, 0.25) is 0 Å². The number of carbonyl (C=O) groups is 1. The Balaban J connectivity index is 1.39. The standard InChI is InChI=1S/C31H37N3O3/c1-3-30(35)37-29-12-7-11-28(29)31(33-2,25-9-5-4-6-10-25)26-17-20-34(21-18-26)19-8-22-36-27-15-13-24(23-32)14-16-27/h4-6,9-10,13-16,26,28-29H,3,7-8,11-12,17-22H2,1H3/t28-,29-,31-/m0/s1. The van der Waals surface area contributed by atoms with Gasteiger partial charge in [0.05, 0.1) is 24.2 Å². The van der Waals surface area contributed by atoms with Crippen LogP contribution in [0.15, 0.2) is 54.6 Å². The highest BCUT2D eigenvalue weighted by Gasteiger charge is 2.58. The number of nitrogens with zero attached hydrogens (tertiary/aromatic N) is 3. The van der Waals surface area contributed by atoms with Crippen molar-refractivity contribution >= 4 is 5.97 Å². The van der Waals surface area contributed by atoms with E-state index in [-0.39, 0.29) is 23.9 Å². The summed E-state index contributed by atoms with van der Waals surface area (Å²) in [6.45, 7) is 13.8. The van der Waals surface area contributed by atoms with E-state index in [1.54, 1.807) is 12.1 Å². The number of nitriles is 1. The molecule has 0 radical (unpaired) electrons. The molecule has 0 aromatic heterocycles. The van der Waals surface area contributed by atoms with Crippen molar-refractivity contribution in [2.75, 3.05) is 26.2 Å². The van der Waals surface area contributed by atoms with E-state index in [0.29, 0.717) is 18.6 Å². The van der Waals surface area contributed by atoms with Gasteiger partial charge in [-0.2, -0.15) is 5.26 Å². The fourth-order valence-electron chi connectivity index (χ4n) is 6.22. The third-order valence-electron chi connectivity index (χ3n) is 8.09. The molecule has 0 amide bonds. The first-order chi connectivity index (χ1) is 18.1. The third-order valence-corrected chi connectivity index (χ3v) is 8.09. The van der Waals surface area contributed by atoms with Crippen molar-refractivity contribution in [1.29, 1.82) is 5.26 Å². The van der Waals surface area contributed by atoms with Crippen LogP contribution < -0.4 is 4.74 Å². The molecule has 0 unspecified atom stereocenters. The summed E-state index contributed by atoms with van der Waals surface area (Å²) in [6.07, 6.45) is 5.79. The molecule has 1 saturated carbocycles. The van der Waals surface area contributed by atoms with E-state index in [4.69, 9.17) is 21.3 Å². The van der Waals surface area contributed by atoms with Crippen LogP contribution in [0.25, 0.3) is 4.85 Å². The number of likely N-dealkylation sites (tertiary alicyclic amines) is 1. The van der Waals surface area contributed by atoms with Gasteiger partial charge in [0.2, 0.25) is 0 Å². The molecule has 194 valence electrons. The summed E-state index contributed by atoms with van der Waals surface area (Å²) in [5.74, 6) is 0.879. The summed E-state index contributed by atoms with van der Waals surface area (Å²) in [5, 5.41) is 8.92. The second-order valence-corrected chi connectivity index (χ2v) is 10.2. The largest absolute Gasteiger partial charge is 0.494 e. The van der Waals surface area contributed by atoms with E-state index >= 15 is 0 Å². The molecule has 0 bridgehead atoms. The van der Waals surface area contributed by atoms with Gasteiger partial charge >= 0.3 is 5.97 Å². The lowest BCUT2D eigenvalue weighted by atomic mass is 9.65. The Morgan fingerprint density at radius 1 is 1.11 bits per heavy atom. The van der Waals surface area contributed by atoms with Crippen molar-refractivity contribution < 1.29 is 14.3 Å². The molecule has 0 N–H and O–H groups in total. The molecule has 1 aliphatic carbocycles. The van der Waals surface area contributed by atoms with Gasteiger partial charge in [0, 0.05) is 24.4 Å². The van der Waals surface area contributed by atoms with Crippen molar-refractivity contribution in [2.24, 2.45) is 11.8 Å². The summed E-state index contributed by atoms with van der Waals surface area (Å²) < 4.78 is 11.8. The first-order valence-electron chi connectivity index (χ1n) is 13.6. The van der Waals surface area contributed by atoms with Crippen LogP contribution in [0, 0.1) is 29.7 Å². The fraction of sp³-hybridized carbons (Fsp3) is 0.516. The van der Waals surface area contributed by atoms with Gasteiger partial charge < -0.3 is 19.2 Å². The molecule has 37 heavy (non-hydrogen) atoms. The van der Waals surface area contributed by atoms with Crippen LogP contribution in [-0.4, -0.2) is 43.2 Å². The van der Waals surface area contributed by atoms with Gasteiger partial charge in [-0.3, -0.25) is 4.79 Å². The maximum atomic E-state index is 12.2. The molecular formula is C31H37N3O3. The normalized spacial score (nSPS) is 21.9. The lowest BCUT2D eigenvalue weighted by molar-refractivity contribution is -0.152. The first kappa shape index (κ1) is 26.7. The number of benzene rings is 2. The zero-order valence-corrected chi connectivity index (χ0v) is 21.8. The van der Waals surface area contributed by atoms with Crippen molar-refractivity contribution in [1.82, 2.24) is 4.90 Å². The molecule has 6 nitrogen and oxygen atoms in total. The van der Waals surface area contributed by atoms with E-state index < -0.39 is 5.54 Å². The van der Waals surface area contributed by atoms with Crippen LogP contribution in [-0.2, 0) is 15.1 Å². The second kappa shape index (κ2) is 12.7. The Kier molecular flexibility index (Phi) is 9.20. The summed E-state index contributed by atoms with van der Waals surface area (Å²) in [4.78, 5) is 19.1. The molecule has 2 aliphatic rings. The highest BCUT2D eigenvalue weighted by Crippen LogP contribution is 2.52. The molecule has 2 fully saturated rings. The summed E-state index contributed by atoms with van der Waals surface area (Å²) in [5.41, 5.74) is 1.04. The molecular weight excluding hydrogens is 462 g/mol. The highest BCUT2D eigenvalue weighted by atomic mass is 16.5. The van der Waals surface area contributed by atoms with E-state index in [1.165, 1.54) is 0 Å². The zero-order valence-electron chi connectivity index (χ0n) is 21.8. The maximum absolute atomic E-state index is 12.2. The molecule has 2 aromatic carbocycles. The van der Waals surface area contributed by atoms with Gasteiger partial charge in [-0.1, -0.05) is 37.3 Å². The molecule has 1 aliphatic heterocycles. The number of hydrogen-bond acceptors (Lipinski definition) is 5. The lowest BCUT2D eigenvalue weighted by Crippen LogP contribution is -2.48. The number of hydrogen-bond donors (Lipinski definition) is 0. The second-order valence-electron chi connectivity index (χ2n) is 10.2. The van der Waals surface area contributed by atoms with Crippen LogP contribution in [0.4, 0.5) is 0 Å². The Bertz CT molecular complexity index is 1100. The fourth-order valence-corrected chi connectivity index (χ4v) is 6.22. The Hall–Kier alpha value is -3.35. The van der Waals surface area contributed by atoms with Crippen LogP contribution in [0.3, 0.4) is 0 Å². The Morgan fingerprint density at radius 3 is 2.49 bits per heavy atom. The molecule has 0 spiro atoms. The molecule has 3 atom stereocenters. The minimum Gasteiger partial charge on any atom is -0.494 e. The van der Waals surface area contributed by atoms with E-state index in [9.17, 15) is 4.79 Å². The lowest BCUT2D eigenvalue weighted by Gasteiger charge is -2.41. The van der Waals surface area contributed by atoms with Crippen molar-refractivity contribution in [3.63, 3.8) is 0 Å². The number of piperidine rings is 1. The Morgan fingerprint density at radius 2 is 1.84 bits per heavy atom. The number of carbonyl (C=O) groups excluding carboxylic acids is 1. The number of rotatable bonds is 10. The van der Waals surface area contributed by atoms with Crippen LogP contribution >= 0.6 is 0 Å². The predicted molar refractivity (Wildman–Crippen MR) is 143 cm³/mol. The molecule has 2 aromatic rings. The minimum atomic E-state index is -0.665. The molecule has 6 heteroatoms. The van der Waals surface area contributed by atoms with E-state index in [2.05, 4.69) is 27.9 Å². The van der Waals surface area contributed by atoms with Crippen LogP contribution in [0.1, 0.15) is 63.0 Å². The van der Waals surface area contributed by atoms with E-state index in [1.807, 2.05) is 37.3 Å². The van der Waals surface area contributed by atoms with Crippen molar-refractivity contribution in [2.45, 2.75) is 63.5 Å². The number of ether oxygens (including phenoxy) is 2. The van der Waals surface area contributed by atoms with Gasteiger partial charge in [0.15, 0.2) is 0 Å². The Labute approximate surface area is 221 Å². The smallest absolute Gasteiger partial charge is 0.305 e. The highest BCUT2D eigenvalue weighted by molar-refractivity contribution is 5.69. The van der Waals surface area contributed by atoms with Crippen molar-refractivity contribution in [3.8, 4) is 11.8 Å². The summed E-state index contributed by atoms with van der Waals surface area (Å²) in [7, 11) is 0. The summed E-state index contributed by atoms with van der Waals surface area (Å²) in [6, 6.07) is 19.6. The topological polar surface area (TPSA) is 66.9 Å². The monoisotopic (exact) mass is 499 g/mol. The third kappa shape index (κ3) is 6.14. The molecule has 1 heterocycles. The average Bonchev–Trinajstić information content (AvgIpc) is 3.41. The first-order valence-corrected chi connectivity index (χ1v) is 13.6. The zero-order chi connectivity index (χ0) is 26.1. The van der Waals surface area contributed by atoms with Gasteiger partial charge in [-0.05, 0) is 75.9 Å². The van der Waals surface area contributed by atoms with E-state index in [0.717, 1.165) is 69.5 Å². The van der Waals surface area contributed by atoms with Gasteiger partial charge in [0.25, 0.3) is 5.54 Å². The molecule has 4 rings (SSSR count). The molecule has 1 saturated heterocycles. The predicted octanol–water partition coefficient (Wildman–Crippen LogP) is 5.98. The van der Waals surface area contributed by atoms with Crippen molar-refractivity contribution in [3.05, 3.63) is 77.1 Å². The summed E-state index contributed by atoms with van der Waals surface area (Å²) >= 11 is 0. The SMILES string of the molecule is [C-]#[N+][C@@](c1ccccc1)(C1CCN(CCCOc2ccc(C#N)cc2)CC1)[C@H]1CCC[C@@H]1OC(=O)CC. The van der Waals surface area contributed by atoms with Gasteiger partial charge in [0.1, 0.15) is 11.9 Å². The van der Waals surface area contributed by atoms with Crippen LogP contribution in [0.5, 0.6) is 5.75 Å². The number of esters is 1. The maximum Gasteiger partial charge on any atom is 0.305 e. The van der Waals surface area contributed by atoms with Gasteiger partial charge in [-0.15, -0.1) is 0 Å². The quantitative estimate of drug-likeness (QED) is 0.229.